The van der Waals surface area contributed by atoms with Crippen LogP contribution in [0.25, 0.3) is 0 Å². The van der Waals surface area contributed by atoms with E-state index < -0.39 is 10.8 Å². The molecule has 0 radical (unpaired) electrons. The second-order valence-corrected chi connectivity index (χ2v) is 3.53. The molecule has 0 unspecified atom stereocenters. The molecule has 0 bridgehead atoms. The molecule has 1 amide bonds. The molecule has 0 saturated carbocycles. The highest BCUT2D eigenvalue weighted by Gasteiger charge is 2.18. The Morgan fingerprint density at radius 1 is 1.65 bits per heavy atom. The minimum atomic E-state index is -0.602. The van der Waals surface area contributed by atoms with Crippen LogP contribution < -0.4 is 0 Å². The Kier molecular flexibility index (Phi) is 4.11. The van der Waals surface area contributed by atoms with Crippen LogP contribution in [0.1, 0.15) is 16.1 Å². The van der Waals surface area contributed by atoms with Crippen molar-refractivity contribution in [3.05, 3.63) is 33.6 Å². The van der Waals surface area contributed by atoms with Crippen molar-refractivity contribution in [3.8, 4) is 0 Å². The molecule has 0 aliphatic rings. The fourth-order valence-corrected chi connectivity index (χ4v) is 1.30. The largest absolute Gasteiger partial charge is 0.395 e. The summed E-state index contributed by atoms with van der Waals surface area (Å²) >= 11 is 0. The highest BCUT2D eigenvalue weighted by molar-refractivity contribution is 5.95. The summed E-state index contributed by atoms with van der Waals surface area (Å²) in [5, 5.41) is 19.3. The van der Waals surface area contributed by atoms with Gasteiger partial charge in [-0.1, -0.05) is 0 Å². The zero-order chi connectivity index (χ0) is 13.0. The van der Waals surface area contributed by atoms with E-state index in [4.69, 9.17) is 5.11 Å². The number of amides is 1. The number of aromatic nitrogens is 1. The fraction of sp³-hybridized carbons (Fsp3) is 0.400. The van der Waals surface area contributed by atoms with Crippen LogP contribution in [0.15, 0.2) is 12.3 Å². The molecule has 0 fully saturated rings. The van der Waals surface area contributed by atoms with E-state index >= 15 is 0 Å². The van der Waals surface area contributed by atoms with Gasteiger partial charge < -0.3 is 10.0 Å². The molecule has 1 heterocycles. The highest BCUT2D eigenvalue weighted by atomic mass is 16.6. The number of nitro groups is 1. The van der Waals surface area contributed by atoms with Crippen molar-refractivity contribution in [1.82, 2.24) is 9.88 Å². The van der Waals surface area contributed by atoms with Crippen LogP contribution in [0.3, 0.4) is 0 Å². The van der Waals surface area contributed by atoms with Crippen molar-refractivity contribution in [2.45, 2.75) is 6.92 Å². The van der Waals surface area contributed by atoms with Crippen LogP contribution in [-0.4, -0.2) is 46.0 Å². The van der Waals surface area contributed by atoms with Gasteiger partial charge >= 0.3 is 0 Å². The minimum Gasteiger partial charge on any atom is -0.395 e. The first-order valence-electron chi connectivity index (χ1n) is 4.94. The Labute approximate surface area is 97.8 Å². The molecule has 1 aromatic rings. The molecule has 0 saturated heterocycles. The van der Waals surface area contributed by atoms with Gasteiger partial charge in [-0.3, -0.25) is 19.9 Å². The smallest absolute Gasteiger partial charge is 0.288 e. The first kappa shape index (κ1) is 13.0. The van der Waals surface area contributed by atoms with Crippen LogP contribution in [-0.2, 0) is 0 Å². The molecule has 92 valence electrons. The first-order valence-corrected chi connectivity index (χ1v) is 4.94. The third-order valence-corrected chi connectivity index (χ3v) is 2.30. The number of rotatable bonds is 4. The molecule has 1 rings (SSSR count). The summed E-state index contributed by atoms with van der Waals surface area (Å²) in [6, 6.07) is 1.19. The lowest BCUT2D eigenvalue weighted by molar-refractivity contribution is -0.385. The van der Waals surface area contributed by atoms with Crippen LogP contribution >= 0.6 is 0 Å². The number of aryl methyl sites for hydroxylation is 1. The van der Waals surface area contributed by atoms with Crippen molar-refractivity contribution >= 4 is 11.6 Å². The summed E-state index contributed by atoms with van der Waals surface area (Å²) in [6.45, 7) is 1.61. The molecular formula is C10H13N3O4. The Hall–Kier alpha value is -2.02. The van der Waals surface area contributed by atoms with E-state index in [1.54, 1.807) is 6.92 Å². The lowest BCUT2D eigenvalue weighted by atomic mass is 10.1. The van der Waals surface area contributed by atoms with Crippen LogP contribution in [0, 0.1) is 17.0 Å². The fourth-order valence-electron chi connectivity index (χ4n) is 1.30. The molecule has 0 atom stereocenters. The molecule has 0 aromatic carbocycles. The molecule has 0 spiro atoms. The average molecular weight is 239 g/mol. The third kappa shape index (κ3) is 2.97. The van der Waals surface area contributed by atoms with Gasteiger partial charge in [-0.05, 0) is 6.92 Å². The number of likely N-dealkylation sites (N-methyl/N-ethyl adjacent to an activating group) is 1. The number of aliphatic hydroxyl groups excluding tert-OH is 1. The van der Waals surface area contributed by atoms with Crippen molar-refractivity contribution in [1.29, 1.82) is 0 Å². The summed E-state index contributed by atoms with van der Waals surface area (Å²) in [6.07, 6.45) is 1.11. The van der Waals surface area contributed by atoms with Gasteiger partial charge in [-0.2, -0.15) is 0 Å². The Balaban J connectivity index is 3.07. The summed E-state index contributed by atoms with van der Waals surface area (Å²) in [5.74, 6) is -0.396. The second-order valence-electron chi connectivity index (χ2n) is 3.53. The Morgan fingerprint density at radius 2 is 2.29 bits per heavy atom. The maximum Gasteiger partial charge on any atom is 0.288 e. The topological polar surface area (TPSA) is 96.6 Å². The summed E-state index contributed by atoms with van der Waals surface area (Å²) in [4.78, 5) is 27.0. The second kappa shape index (κ2) is 5.35. The van der Waals surface area contributed by atoms with E-state index in [1.807, 2.05) is 0 Å². The Morgan fingerprint density at radius 3 is 2.82 bits per heavy atom. The van der Waals surface area contributed by atoms with Gasteiger partial charge in [-0.25, -0.2) is 0 Å². The van der Waals surface area contributed by atoms with E-state index in [2.05, 4.69) is 4.98 Å². The molecule has 0 aliphatic heterocycles. The third-order valence-electron chi connectivity index (χ3n) is 2.30. The van der Waals surface area contributed by atoms with E-state index in [1.165, 1.54) is 18.0 Å². The molecule has 17 heavy (non-hydrogen) atoms. The van der Waals surface area contributed by atoms with Crippen molar-refractivity contribution in [3.63, 3.8) is 0 Å². The van der Waals surface area contributed by atoms with Crippen LogP contribution in [0.4, 0.5) is 5.69 Å². The van der Waals surface area contributed by atoms with Crippen molar-refractivity contribution in [2.24, 2.45) is 0 Å². The lowest BCUT2D eigenvalue weighted by Gasteiger charge is -2.16. The minimum absolute atomic E-state index is 0.163. The normalized spacial score (nSPS) is 10.1. The van der Waals surface area contributed by atoms with E-state index in [0.29, 0.717) is 5.69 Å². The number of carbonyl (C=O) groups is 1. The molecule has 1 N–H and O–H groups in total. The zero-order valence-electron chi connectivity index (χ0n) is 9.58. The maximum absolute atomic E-state index is 11.9. The van der Waals surface area contributed by atoms with E-state index in [0.717, 1.165) is 6.20 Å². The van der Waals surface area contributed by atoms with Gasteiger partial charge in [0.05, 0.1) is 22.8 Å². The number of aliphatic hydroxyl groups is 1. The van der Waals surface area contributed by atoms with Gasteiger partial charge in [0, 0.05) is 19.7 Å². The number of nitrogens with zero attached hydrogens (tertiary/aromatic N) is 3. The van der Waals surface area contributed by atoms with Gasteiger partial charge in [0.1, 0.15) is 6.20 Å². The van der Waals surface area contributed by atoms with E-state index in [-0.39, 0.29) is 24.4 Å². The Bertz CT molecular complexity index is 447. The molecule has 0 aliphatic carbocycles. The van der Waals surface area contributed by atoms with Gasteiger partial charge in [0.25, 0.3) is 11.6 Å². The number of hydrogen-bond donors (Lipinski definition) is 1. The predicted octanol–water partition coefficient (Wildman–Crippen LogP) is 0.363. The van der Waals surface area contributed by atoms with Gasteiger partial charge in [0.15, 0.2) is 0 Å². The quantitative estimate of drug-likeness (QED) is 0.604. The van der Waals surface area contributed by atoms with Gasteiger partial charge in [-0.15, -0.1) is 0 Å². The van der Waals surface area contributed by atoms with Crippen molar-refractivity contribution < 1.29 is 14.8 Å². The number of carbonyl (C=O) groups excluding carboxylic acids is 1. The SMILES string of the molecule is Cc1ncc([N+](=O)[O-])cc1C(=O)N(C)CCO. The summed E-state index contributed by atoms with van der Waals surface area (Å²) < 4.78 is 0. The molecule has 1 aromatic heterocycles. The van der Waals surface area contributed by atoms with E-state index in [9.17, 15) is 14.9 Å². The highest BCUT2D eigenvalue weighted by Crippen LogP contribution is 2.16. The molecule has 7 heteroatoms. The monoisotopic (exact) mass is 239 g/mol. The molecule has 7 nitrogen and oxygen atoms in total. The predicted molar refractivity (Wildman–Crippen MR) is 59.7 cm³/mol. The summed E-state index contributed by atoms with van der Waals surface area (Å²) in [5.41, 5.74) is 0.372. The maximum atomic E-state index is 11.9. The van der Waals surface area contributed by atoms with Crippen LogP contribution in [0.2, 0.25) is 0 Å². The van der Waals surface area contributed by atoms with Gasteiger partial charge in [0.2, 0.25) is 0 Å². The molecular weight excluding hydrogens is 226 g/mol. The number of pyridine rings is 1. The summed E-state index contributed by atoms with van der Waals surface area (Å²) in [7, 11) is 1.51. The standard InChI is InChI=1S/C10H13N3O4/c1-7-9(10(15)12(2)3-4-14)5-8(6-11-7)13(16)17/h5-6,14H,3-4H2,1-2H3. The van der Waals surface area contributed by atoms with Crippen LogP contribution in [0.5, 0.6) is 0 Å². The first-order chi connectivity index (χ1) is 7.97. The zero-order valence-corrected chi connectivity index (χ0v) is 9.58. The number of hydrogen-bond acceptors (Lipinski definition) is 5. The average Bonchev–Trinajstić information content (AvgIpc) is 2.28. The lowest BCUT2D eigenvalue weighted by Crippen LogP contribution is -2.30. The van der Waals surface area contributed by atoms with Crippen molar-refractivity contribution in [2.75, 3.05) is 20.2 Å².